The number of nitrogens with two attached hydrogens (primary N) is 1. The van der Waals surface area contributed by atoms with Crippen LogP contribution in [-0.4, -0.2) is 31.7 Å². The maximum absolute atomic E-state index is 12.1. The van der Waals surface area contributed by atoms with E-state index >= 15 is 0 Å². The summed E-state index contributed by atoms with van der Waals surface area (Å²) >= 11 is 0. The molecular weight excluding hydrogens is 228 g/mol. The largest absolute Gasteiger partial charge is 0.370 e. The van der Waals surface area contributed by atoms with Gasteiger partial charge >= 0.3 is 0 Å². The van der Waals surface area contributed by atoms with Crippen LogP contribution in [0.2, 0.25) is 0 Å². The van der Waals surface area contributed by atoms with E-state index in [1.807, 2.05) is 0 Å². The molecule has 0 radical (unpaired) electrons. The molecule has 0 aromatic rings. The van der Waals surface area contributed by atoms with Crippen LogP contribution in [0.5, 0.6) is 0 Å². The van der Waals surface area contributed by atoms with Gasteiger partial charge in [-0.2, -0.15) is 0 Å². The Morgan fingerprint density at radius 3 is 2.22 bits per heavy atom. The fourth-order valence-electron chi connectivity index (χ4n) is 4.73. The highest BCUT2D eigenvalue weighted by atomic mass is 16.5. The molecule has 0 aliphatic heterocycles. The summed E-state index contributed by atoms with van der Waals surface area (Å²) in [7, 11) is 1.55. The van der Waals surface area contributed by atoms with Crippen LogP contribution in [0, 0.1) is 23.7 Å². The average Bonchev–Trinajstić information content (AvgIpc) is 2.34. The first-order chi connectivity index (χ1) is 8.71. The Hall–Kier alpha value is -0.610. The standard InChI is InChI=1S/C14H24N2O2/c1-18-12(7-15)14(17)16-13-10-3-8-2-9(5-10)6-11(13)4-8/h8-13H,2-7,15H2,1H3,(H,16,17). The molecule has 1 atom stereocenters. The highest BCUT2D eigenvalue weighted by molar-refractivity contribution is 5.81. The summed E-state index contributed by atoms with van der Waals surface area (Å²) in [6.07, 6.45) is 6.23. The van der Waals surface area contributed by atoms with Crippen LogP contribution in [0.3, 0.4) is 0 Å². The highest BCUT2D eigenvalue weighted by Gasteiger charge is 2.48. The Bertz CT molecular complexity index is 300. The topological polar surface area (TPSA) is 64.3 Å². The van der Waals surface area contributed by atoms with E-state index in [0.717, 1.165) is 11.8 Å². The van der Waals surface area contributed by atoms with Crippen molar-refractivity contribution in [3.63, 3.8) is 0 Å². The van der Waals surface area contributed by atoms with Gasteiger partial charge in [0, 0.05) is 19.7 Å². The molecule has 4 aliphatic rings. The van der Waals surface area contributed by atoms with E-state index in [-0.39, 0.29) is 12.5 Å². The molecule has 4 saturated carbocycles. The van der Waals surface area contributed by atoms with Crippen molar-refractivity contribution in [1.29, 1.82) is 0 Å². The van der Waals surface area contributed by atoms with Gasteiger partial charge in [-0.25, -0.2) is 0 Å². The van der Waals surface area contributed by atoms with Gasteiger partial charge in [0.1, 0.15) is 6.10 Å². The number of rotatable bonds is 4. The van der Waals surface area contributed by atoms with E-state index in [2.05, 4.69) is 5.32 Å². The van der Waals surface area contributed by atoms with Gasteiger partial charge in [0.25, 0.3) is 5.91 Å². The van der Waals surface area contributed by atoms with Crippen molar-refractivity contribution in [2.45, 2.75) is 44.2 Å². The van der Waals surface area contributed by atoms with Crippen molar-refractivity contribution in [1.82, 2.24) is 5.32 Å². The molecule has 0 aromatic carbocycles. The van der Waals surface area contributed by atoms with Crippen molar-refractivity contribution in [2.24, 2.45) is 29.4 Å². The van der Waals surface area contributed by atoms with Gasteiger partial charge < -0.3 is 15.8 Å². The summed E-state index contributed by atoms with van der Waals surface area (Å²) in [5.41, 5.74) is 5.55. The molecule has 18 heavy (non-hydrogen) atoms. The number of ether oxygens (including phenoxy) is 1. The van der Waals surface area contributed by atoms with Gasteiger partial charge in [0.15, 0.2) is 0 Å². The Morgan fingerprint density at radius 1 is 1.22 bits per heavy atom. The van der Waals surface area contributed by atoms with Crippen LogP contribution in [0.15, 0.2) is 0 Å². The zero-order valence-corrected chi connectivity index (χ0v) is 11.1. The van der Waals surface area contributed by atoms with E-state index in [0.29, 0.717) is 17.9 Å². The molecule has 0 saturated heterocycles. The number of nitrogens with one attached hydrogen (secondary N) is 1. The Kier molecular flexibility index (Phi) is 3.32. The second kappa shape index (κ2) is 4.82. The van der Waals surface area contributed by atoms with E-state index in [1.54, 1.807) is 7.11 Å². The molecule has 4 bridgehead atoms. The summed E-state index contributed by atoms with van der Waals surface area (Å²) in [6.45, 7) is 0.260. The number of carbonyl (C=O) groups is 1. The molecule has 0 aromatic heterocycles. The van der Waals surface area contributed by atoms with E-state index in [1.165, 1.54) is 32.1 Å². The molecule has 4 heteroatoms. The van der Waals surface area contributed by atoms with Gasteiger partial charge in [-0.05, 0) is 55.8 Å². The monoisotopic (exact) mass is 252 g/mol. The molecule has 4 rings (SSSR count). The van der Waals surface area contributed by atoms with Crippen molar-refractivity contribution in [3.05, 3.63) is 0 Å². The first-order valence-electron chi connectivity index (χ1n) is 7.24. The lowest BCUT2D eigenvalue weighted by molar-refractivity contribution is -0.134. The van der Waals surface area contributed by atoms with Gasteiger partial charge in [-0.15, -0.1) is 0 Å². The predicted molar refractivity (Wildman–Crippen MR) is 68.8 cm³/mol. The molecule has 0 heterocycles. The molecule has 1 unspecified atom stereocenters. The molecule has 0 spiro atoms. The molecule has 1 amide bonds. The second-order valence-corrected chi connectivity index (χ2v) is 6.43. The smallest absolute Gasteiger partial charge is 0.250 e. The number of amides is 1. The fraction of sp³-hybridized carbons (Fsp3) is 0.929. The molecule has 4 fully saturated rings. The van der Waals surface area contributed by atoms with Crippen molar-refractivity contribution in [3.8, 4) is 0 Å². The minimum Gasteiger partial charge on any atom is -0.370 e. The van der Waals surface area contributed by atoms with Gasteiger partial charge in [0.05, 0.1) is 0 Å². The summed E-state index contributed by atoms with van der Waals surface area (Å²) < 4.78 is 5.12. The van der Waals surface area contributed by atoms with Crippen LogP contribution in [0.4, 0.5) is 0 Å². The zero-order valence-electron chi connectivity index (χ0n) is 11.1. The minimum atomic E-state index is -0.484. The van der Waals surface area contributed by atoms with Gasteiger partial charge in [0.2, 0.25) is 0 Å². The van der Waals surface area contributed by atoms with Crippen LogP contribution < -0.4 is 11.1 Å². The Labute approximate surface area is 109 Å². The van der Waals surface area contributed by atoms with Crippen LogP contribution in [0.25, 0.3) is 0 Å². The molecule has 3 N–H and O–H groups in total. The number of carbonyl (C=O) groups excluding carboxylic acids is 1. The van der Waals surface area contributed by atoms with Crippen molar-refractivity contribution >= 4 is 5.91 Å². The lowest BCUT2D eigenvalue weighted by Crippen LogP contribution is -2.58. The summed E-state index contributed by atoms with van der Waals surface area (Å²) in [5.74, 6) is 3.28. The third kappa shape index (κ3) is 2.05. The number of hydrogen-bond donors (Lipinski definition) is 2. The van der Waals surface area contributed by atoms with E-state index < -0.39 is 6.10 Å². The van der Waals surface area contributed by atoms with Crippen LogP contribution in [0.1, 0.15) is 32.1 Å². The van der Waals surface area contributed by atoms with E-state index in [4.69, 9.17) is 10.5 Å². The Balaban J connectivity index is 1.65. The average molecular weight is 252 g/mol. The predicted octanol–water partition coefficient (Wildman–Crippen LogP) is 0.901. The summed E-state index contributed by atoms with van der Waals surface area (Å²) in [4.78, 5) is 12.1. The van der Waals surface area contributed by atoms with Crippen molar-refractivity contribution in [2.75, 3.05) is 13.7 Å². The molecule has 4 aliphatic carbocycles. The molecular formula is C14H24N2O2. The quantitative estimate of drug-likeness (QED) is 0.781. The first kappa shape index (κ1) is 12.4. The Morgan fingerprint density at radius 2 is 1.78 bits per heavy atom. The molecule has 4 nitrogen and oxygen atoms in total. The second-order valence-electron chi connectivity index (χ2n) is 6.43. The van der Waals surface area contributed by atoms with Crippen LogP contribution in [-0.2, 0) is 9.53 Å². The maximum Gasteiger partial charge on any atom is 0.250 e. The normalized spacial score (nSPS) is 42.9. The van der Waals surface area contributed by atoms with Crippen molar-refractivity contribution < 1.29 is 9.53 Å². The van der Waals surface area contributed by atoms with Gasteiger partial charge in [-0.3, -0.25) is 4.79 Å². The third-order valence-electron chi connectivity index (χ3n) is 5.33. The summed E-state index contributed by atoms with van der Waals surface area (Å²) in [6, 6.07) is 0.384. The third-order valence-corrected chi connectivity index (χ3v) is 5.33. The number of methoxy groups -OCH3 is 1. The number of hydrogen-bond acceptors (Lipinski definition) is 3. The lowest BCUT2D eigenvalue weighted by Gasteiger charge is -2.54. The maximum atomic E-state index is 12.1. The van der Waals surface area contributed by atoms with Crippen LogP contribution >= 0.6 is 0 Å². The lowest BCUT2D eigenvalue weighted by atomic mass is 9.54. The first-order valence-corrected chi connectivity index (χ1v) is 7.24. The fourth-order valence-corrected chi connectivity index (χ4v) is 4.73. The SMILES string of the molecule is COC(CN)C(=O)NC1C2CC3CC(C2)CC1C3. The summed E-state index contributed by atoms with van der Waals surface area (Å²) in [5, 5.41) is 3.22. The van der Waals surface area contributed by atoms with Gasteiger partial charge in [-0.1, -0.05) is 0 Å². The zero-order chi connectivity index (χ0) is 12.7. The van der Waals surface area contributed by atoms with E-state index in [9.17, 15) is 4.79 Å². The minimum absolute atomic E-state index is 0.0162. The highest BCUT2D eigenvalue weighted by Crippen LogP contribution is 2.53. The molecule has 102 valence electrons.